The second-order valence-electron chi connectivity index (χ2n) is 2.59. The Morgan fingerprint density at radius 2 is 1.62 bits per heavy atom. The summed E-state index contributed by atoms with van der Waals surface area (Å²) >= 11 is 0. The standard InChI is InChI=1S/C5H9F4NO2S/c1-4(6,7)3-5(8,9)13(11,12)10-2/h10H,3H2,1-2H3. The van der Waals surface area contributed by atoms with Gasteiger partial charge in [-0.05, 0) is 14.0 Å². The van der Waals surface area contributed by atoms with E-state index in [0.29, 0.717) is 0 Å². The fourth-order valence-corrected chi connectivity index (χ4v) is 1.35. The van der Waals surface area contributed by atoms with Crippen molar-refractivity contribution >= 4 is 10.0 Å². The third-order valence-electron chi connectivity index (χ3n) is 1.18. The van der Waals surface area contributed by atoms with E-state index >= 15 is 0 Å². The maximum atomic E-state index is 12.6. The maximum absolute atomic E-state index is 12.6. The van der Waals surface area contributed by atoms with Crippen LogP contribution >= 0.6 is 0 Å². The molecule has 0 aliphatic carbocycles. The van der Waals surface area contributed by atoms with Gasteiger partial charge < -0.3 is 0 Å². The third kappa shape index (κ3) is 3.47. The second-order valence-corrected chi connectivity index (χ2v) is 4.60. The minimum Gasteiger partial charge on any atom is -0.213 e. The van der Waals surface area contributed by atoms with Crippen molar-refractivity contribution in [2.45, 2.75) is 24.5 Å². The van der Waals surface area contributed by atoms with Crippen molar-refractivity contribution in [3.05, 3.63) is 0 Å². The summed E-state index contributed by atoms with van der Waals surface area (Å²) in [5.74, 6) is -3.73. The SMILES string of the molecule is CNS(=O)(=O)C(F)(F)CC(C)(F)F. The van der Waals surface area contributed by atoms with Gasteiger partial charge in [0.05, 0.1) is 6.42 Å². The summed E-state index contributed by atoms with van der Waals surface area (Å²) in [7, 11) is -4.26. The molecule has 13 heavy (non-hydrogen) atoms. The number of alkyl halides is 4. The van der Waals surface area contributed by atoms with E-state index in [1.807, 2.05) is 0 Å². The van der Waals surface area contributed by atoms with Gasteiger partial charge in [0.2, 0.25) is 0 Å². The molecule has 0 bridgehead atoms. The van der Waals surface area contributed by atoms with E-state index in [1.165, 1.54) is 4.72 Å². The molecule has 0 saturated heterocycles. The van der Waals surface area contributed by atoms with E-state index in [2.05, 4.69) is 0 Å². The predicted molar refractivity (Wildman–Crippen MR) is 38.2 cm³/mol. The van der Waals surface area contributed by atoms with Crippen LogP contribution in [-0.2, 0) is 10.0 Å². The lowest BCUT2D eigenvalue weighted by atomic mass is 10.3. The first-order chi connectivity index (χ1) is 5.52. The summed E-state index contributed by atoms with van der Waals surface area (Å²) in [4.78, 5) is 0. The third-order valence-corrected chi connectivity index (χ3v) is 2.65. The zero-order chi connectivity index (χ0) is 10.9. The van der Waals surface area contributed by atoms with Crippen LogP contribution < -0.4 is 4.72 Å². The Hall–Kier alpha value is -0.370. The fraction of sp³-hybridized carbons (Fsp3) is 1.00. The molecule has 0 radical (unpaired) electrons. The molecule has 3 nitrogen and oxygen atoms in total. The molecular formula is C5H9F4NO2S. The van der Waals surface area contributed by atoms with Crippen molar-refractivity contribution in [2.75, 3.05) is 7.05 Å². The molecule has 0 aliphatic rings. The van der Waals surface area contributed by atoms with Crippen LogP contribution in [0.1, 0.15) is 13.3 Å². The normalized spacial score (nSPS) is 14.6. The van der Waals surface area contributed by atoms with Crippen molar-refractivity contribution in [3.63, 3.8) is 0 Å². The summed E-state index contributed by atoms with van der Waals surface area (Å²) in [5, 5.41) is -4.46. The minimum absolute atomic E-state index is 0.228. The van der Waals surface area contributed by atoms with Gasteiger partial charge in [0, 0.05) is 0 Å². The highest BCUT2D eigenvalue weighted by atomic mass is 32.2. The Bertz CT molecular complexity index is 269. The van der Waals surface area contributed by atoms with Crippen LogP contribution in [0.15, 0.2) is 0 Å². The van der Waals surface area contributed by atoms with Gasteiger partial charge in [0.25, 0.3) is 15.9 Å². The molecule has 0 saturated carbocycles. The quantitative estimate of drug-likeness (QED) is 0.727. The van der Waals surface area contributed by atoms with Crippen LogP contribution in [0.5, 0.6) is 0 Å². The number of hydrogen-bond donors (Lipinski definition) is 1. The van der Waals surface area contributed by atoms with Gasteiger partial charge in [-0.3, -0.25) is 0 Å². The Morgan fingerprint density at radius 3 is 1.85 bits per heavy atom. The molecule has 0 spiro atoms. The molecule has 0 amide bonds. The lowest BCUT2D eigenvalue weighted by molar-refractivity contribution is -0.0577. The van der Waals surface area contributed by atoms with Gasteiger partial charge in [-0.1, -0.05) is 0 Å². The van der Waals surface area contributed by atoms with E-state index in [4.69, 9.17) is 0 Å². The molecule has 0 unspecified atom stereocenters. The largest absolute Gasteiger partial charge is 0.364 e. The summed E-state index contributed by atoms with van der Waals surface area (Å²) < 4.78 is 71.7. The first-order valence-corrected chi connectivity index (χ1v) is 4.69. The number of nitrogens with one attached hydrogen (secondary N) is 1. The molecule has 8 heteroatoms. The van der Waals surface area contributed by atoms with Crippen LogP contribution in [0.2, 0.25) is 0 Å². The van der Waals surface area contributed by atoms with Gasteiger partial charge in [0.15, 0.2) is 0 Å². The van der Waals surface area contributed by atoms with Crippen LogP contribution in [0.3, 0.4) is 0 Å². The van der Waals surface area contributed by atoms with Crippen LogP contribution in [0, 0.1) is 0 Å². The highest BCUT2D eigenvalue weighted by Gasteiger charge is 2.50. The molecule has 80 valence electrons. The van der Waals surface area contributed by atoms with E-state index in [0.717, 1.165) is 7.05 Å². The first kappa shape index (κ1) is 12.6. The highest BCUT2D eigenvalue weighted by Crippen LogP contribution is 2.33. The monoisotopic (exact) mass is 223 g/mol. The van der Waals surface area contributed by atoms with Crippen molar-refractivity contribution in [2.24, 2.45) is 0 Å². The molecule has 0 aromatic carbocycles. The molecular weight excluding hydrogens is 214 g/mol. The molecule has 0 heterocycles. The molecule has 0 fully saturated rings. The minimum atomic E-state index is -4.99. The van der Waals surface area contributed by atoms with E-state index in [9.17, 15) is 26.0 Å². The summed E-state index contributed by atoms with van der Waals surface area (Å²) in [6.07, 6.45) is -2.02. The Balaban J connectivity index is 4.80. The maximum Gasteiger partial charge on any atom is 0.364 e. The fourth-order valence-electron chi connectivity index (χ4n) is 0.606. The van der Waals surface area contributed by atoms with Gasteiger partial charge in [0.1, 0.15) is 0 Å². The number of rotatable bonds is 4. The molecule has 1 N–H and O–H groups in total. The summed E-state index contributed by atoms with van der Waals surface area (Å²) in [6.45, 7) is 0.228. The lowest BCUT2D eigenvalue weighted by Crippen LogP contribution is -2.41. The van der Waals surface area contributed by atoms with E-state index < -0.39 is 27.6 Å². The molecule has 0 rings (SSSR count). The Labute approximate surface area is 73.2 Å². The smallest absolute Gasteiger partial charge is 0.213 e. The average molecular weight is 223 g/mol. The van der Waals surface area contributed by atoms with Crippen molar-refractivity contribution in [1.29, 1.82) is 0 Å². The number of halogens is 4. The molecule has 0 aromatic heterocycles. The summed E-state index contributed by atoms with van der Waals surface area (Å²) in [6, 6.07) is 0. The van der Waals surface area contributed by atoms with Crippen molar-refractivity contribution in [1.82, 2.24) is 4.72 Å². The summed E-state index contributed by atoms with van der Waals surface area (Å²) in [5.41, 5.74) is 0. The number of hydrogen-bond acceptors (Lipinski definition) is 2. The Morgan fingerprint density at radius 1 is 1.23 bits per heavy atom. The van der Waals surface area contributed by atoms with Crippen molar-refractivity contribution in [3.8, 4) is 0 Å². The second kappa shape index (κ2) is 3.41. The van der Waals surface area contributed by atoms with Gasteiger partial charge in [-0.15, -0.1) is 0 Å². The zero-order valence-corrected chi connectivity index (χ0v) is 7.76. The highest BCUT2D eigenvalue weighted by molar-refractivity contribution is 7.90. The molecule has 0 atom stereocenters. The van der Waals surface area contributed by atoms with Gasteiger partial charge in [-0.25, -0.2) is 21.9 Å². The topological polar surface area (TPSA) is 46.2 Å². The first-order valence-electron chi connectivity index (χ1n) is 3.20. The van der Waals surface area contributed by atoms with Crippen LogP contribution in [-0.4, -0.2) is 26.6 Å². The van der Waals surface area contributed by atoms with Crippen LogP contribution in [0.25, 0.3) is 0 Å². The molecule has 0 aromatic rings. The van der Waals surface area contributed by atoms with E-state index in [-0.39, 0.29) is 6.92 Å². The van der Waals surface area contributed by atoms with Crippen LogP contribution in [0.4, 0.5) is 17.6 Å². The molecule has 0 aliphatic heterocycles. The predicted octanol–water partition coefficient (Wildman–Crippen LogP) is 1.17. The van der Waals surface area contributed by atoms with Gasteiger partial charge >= 0.3 is 5.25 Å². The zero-order valence-electron chi connectivity index (χ0n) is 6.94. The number of sulfonamides is 1. The lowest BCUT2D eigenvalue weighted by Gasteiger charge is -2.19. The average Bonchev–Trinajstić information content (AvgIpc) is 1.81. The Kier molecular flexibility index (Phi) is 3.31. The van der Waals surface area contributed by atoms with E-state index in [1.54, 1.807) is 0 Å². The van der Waals surface area contributed by atoms with Gasteiger partial charge in [-0.2, -0.15) is 8.78 Å². The van der Waals surface area contributed by atoms with Crippen molar-refractivity contribution < 1.29 is 26.0 Å².